The van der Waals surface area contributed by atoms with Crippen LogP contribution in [0.25, 0.3) is 0 Å². The lowest BCUT2D eigenvalue weighted by molar-refractivity contribution is -0.128. The summed E-state index contributed by atoms with van der Waals surface area (Å²) in [6.45, 7) is 1.25. The molecule has 1 aliphatic heterocycles. The minimum Gasteiger partial charge on any atom is -0.381 e. The second-order valence-corrected chi connectivity index (χ2v) is 8.65. The fourth-order valence-electron chi connectivity index (χ4n) is 4.21. The van der Waals surface area contributed by atoms with E-state index in [1.807, 2.05) is 24.3 Å². The van der Waals surface area contributed by atoms with Crippen LogP contribution in [0.4, 0.5) is 0 Å². The summed E-state index contributed by atoms with van der Waals surface area (Å²) in [5, 5.41) is 5.99. The number of hydrogen-bond donors (Lipinski definition) is 2. The maximum Gasteiger partial charge on any atom is 0.240 e. The number of amides is 2. The molecular weight excluding hydrogens is 408 g/mol. The topological polar surface area (TPSA) is 67.4 Å². The molecule has 1 heterocycles. The molecule has 6 heteroatoms. The minimum absolute atomic E-state index is 0.0134. The lowest BCUT2D eigenvalue weighted by Crippen LogP contribution is -2.52. The molecule has 2 aliphatic rings. The average Bonchev–Trinajstić information content (AvgIpc) is 2.68. The summed E-state index contributed by atoms with van der Waals surface area (Å²) in [6.07, 6.45) is 7.97. The molecule has 5 nitrogen and oxygen atoms in total. The van der Waals surface area contributed by atoms with Gasteiger partial charge in [-0.1, -0.05) is 47.3 Å². The second kappa shape index (κ2) is 9.69. The first kappa shape index (κ1) is 20.3. The third kappa shape index (κ3) is 5.79. The Morgan fingerprint density at radius 1 is 1.11 bits per heavy atom. The summed E-state index contributed by atoms with van der Waals surface area (Å²) in [5.74, 6) is 0.319. The molecule has 2 fully saturated rings. The quantitative estimate of drug-likeness (QED) is 0.714. The number of benzene rings is 1. The highest BCUT2D eigenvalue weighted by atomic mass is 79.9. The summed E-state index contributed by atoms with van der Waals surface area (Å²) in [4.78, 5) is 24.8. The maximum absolute atomic E-state index is 12.6. The standard InChI is InChI=1S/C21H29BrN2O3/c22-18-8-4-7-17(14-18)21(9-11-27-12-10-21)24-20(26)15-23-19(25)13-16-5-2-1-3-6-16/h4,7-8,14,16H,1-3,5-6,9-13,15H2,(H,23,25)(H,24,26). The van der Waals surface area contributed by atoms with E-state index in [2.05, 4.69) is 26.6 Å². The van der Waals surface area contributed by atoms with Crippen LogP contribution in [0.15, 0.2) is 28.7 Å². The summed E-state index contributed by atoms with van der Waals surface area (Å²) in [6, 6.07) is 8.05. The first-order valence-corrected chi connectivity index (χ1v) is 10.8. The van der Waals surface area contributed by atoms with Gasteiger partial charge in [-0.2, -0.15) is 0 Å². The molecule has 0 spiro atoms. The molecule has 0 bridgehead atoms. The van der Waals surface area contributed by atoms with Crippen molar-refractivity contribution in [3.05, 3.63) is 34.3 Å². The van der Waals surface area contributed by atoms with Gasteiger partial charge in [0.1, 0.15) is 0 Å². The predicted molar refractivity (Wildman–Crippen MR) is 108 cm³/mol. The number of carbonyl (C=O) groups excluding carboxylic acids is 2. The highest BCUT2D eigenvalue weighted by Gasteiger charge is 2.36. The number of carbonyl (C=O) groups is 2. The zero-order valence-corrected chi connectivity index (χ0v) is 17.4. The Morgan fingerprint density at radius 3 is 2.56 bits per heavy atom. The molecule has 2 amide bonds. The van der Waals surface area contributed by atoms with Crippen molar-refractivity contribution in [3.8, 4) is 0 Å². The van der Waals surface area contributed by atoms with Crippen LogP contribution < -0.4 is 10.6 Å². The van der Waals surface area contributed by atoms with Crippen molar-refractivity contribution < 1.29 is 14.3 Å². The number of halogens is 1. The lowest BCUT2D eigenvalue weighted by Gasteiger charge is -2.38. The van der Waals surface area contributed by atoms with E-state index in [9.17, 15) is 9.59 Å². The van der Waals surface area contributed by atoms with Gasteiger partial charge in [-0.05, 0) is 49.3 Å². The Labute approximate surface area is 169 Å². The summed E-state index contributed by atoms with van der Waals surface area (Å²) >= 11 is 3.52. The van der Waals surface area contributed by atoms with E-state index < -0.39 is 5.54 Å². The van der Waals surface area contributed by atoms with Crippen LogP contribution in [-0.2, 0) is 19.9 Å². The lowest BCUT2D eigenvalue weighted by atomic mass is 9.82. The molecule has 0 aromatic heterocycles. The van der Waals surface area contributed by atoms with Crippen LogP contribution in [0, 0.1) is 5.92 Å². The van der Waals surface area contributed by atoms with Gasteiger partial charge in [0.05, 0.1) is 12.1 Å². The van der Waals surface area contributed by atoms with Crippen molar-refractivity contribution in [2.75, 3.05) is 19.8 Å². The van der Waals surface area contributed by atoms with Gasteiger partial charge in [0, 0.05) is 24.1 Å². The van der Waals surface area contributed by atoms with E-state index in [0.29, 0.717) is 25.6 Å². The molecule has 0 radical (unpaired) electrons. The number of rotatable bonds is 6. The van der Waals surface area contributed by atoms with Gasteiger partial charge in [0.15, 0.2) is 0 Å². The number of nitrogens with one attached hydrogen (secondary N) is 2. The van der Waals surface area contributed by atoms with Crippen molar-refractivity contribution in [2.24, 2.45) is 5.92 Å². The molecule has 2 N–H and O–H groups in total. The van der Waals surface area contributed by atoms with Crippen LogP contribution >= 0.6 is 15.9 Å². The Hall–Kier alpha value is -1.40. The smallest absolute Gasteiger partial charge is 0.240 e. The number of ether oxygens (including phenoxy) is 1. The molecule has 148 valence electrons. The van der Waals surface area contributed by atoms with Crippen molar-refractivity contribution in [1.82, 2.24) is 10.6 Å². The SMILES string of the molecule is O=C(CC1CCCCC1)NCC(=O)NC1(c2cccc(Br)c2)CCOCC1. The van der Waals surface area contributed by atoms with Gasteiger partial charge >= 0.3 is 0 Å². The molecular formula is C21H29BrN2O3. The molecule has 1 aromatic carbocycles. The fraction of sp³-hybridized carbons (Fsp3) is 0.619. The van der Waals surface area contributed by atoms with Crippen LogP contribution in [0.1, 0.15) is 56.9 Å². The molecule has 1 aliphatic carbocycles. The third-order valence-electron chi connectivity index (χ3n) is 5.75. The maximum atomic E-state index is 12.6. The van der Waals surface area contributed by atoms with Crippen LogP contribution in [0.5, 0.6) is 0 Å². The molecule has 0 unspecified atom stereocenters. The zero-order chi connectivity index (χ0) is 19.1. The summed E-state index contributed by atoms with van der Waals surface area (Å²) < 4.78 is 6.49. The van der Waals surface area contributed by atoms with Crippen LogP contribution in [0.3, 0.4) is 0 Å². The van der Waals surface area contributed by atoms with Gasteiger partial charge in [0.2, 0.25) is 11.8 Å². The first-order valence-electron chi connectivity index (χ1n) is 9.99. The van der Waals surface area contributed by atoms with Crippen molar-refractivity contribution >= 4 is 27.7 Å². The van der Waals surface area contributed by atoms with E-state index in [0.717, 1.165) is 35.7 Å². The Balaban J connectivity index is 1.55. The molecule has 1 saturated heterocycles. The van der Waals surface area contributed by atoms with Gasteiger partial charge in [-0.25, -0.2) is 0 Å². The van der Waals surface area contributed by atoms with Gasteiger partial charge in [0.25, 0.3) is 0 Å². The average molecular weight is 437 g/mol. The summed E-state index contributed by atoms with van der Waals surface area (Å²) in [5.41, 5.74) is 0.634. The van der Waals surface area contributed by atoms with E-state index in [1.165, 1.54) is 19.3 Å². The van der Waals surface area contributed by atoms with Crippen LogP contribution in [-0.4, -0.2) is 31.6 Å². The minimum atomic E-state index is -0.437. The van der Waals surface area contributed by atoms with Gasteiger partial charge in [-0.15, -0.1) is 0 Å². The normalized spacial score (nSPS) is 20.0. The van der Waals surface area contributed by atoms with E-state index in [4.69, 9.17) is 4.74 Å². The third-order valence-corrected chi connectivity index (χ3v) is 6.24. The fourth-order valence-corrected chi connectivity index (χ4v) is 4.61. The largest absolute Gasteiger partial charge is 0.381 e. The van der Waals surface area contributed by atoms with Crippen molar-refractivity contribution in [3.63, 3.8) is 0 Å². The monoisotopic (exact) mass is 436 g/mol. The number of hydrogen-bond acceptors (Lipinski definition) is 3. The first-order chi connectivity index (χ1) is 13.1. The Morgan fingerprint density at radius 2 is 1.85 bits per heavy atom. The highest BCUT2D eigenvalue weighted by molar-refractivity contribution is 9.10. The highest BCUT2D eigenvalue weighted by Crippen LogP contribution is 2.33. The van der Waals surface area contributed by atoms with Gasteiger partial charge < -0.3 is 15.4 Å². The molecule has 0 atom stereocenters. The van der Waals surface area contributed by atoms with E-state index in [-0.39, 0.29) is 18.4 Å². The molecule has 1 saturated carbocycles. The van der Waals surface area contributed by atoms with Crippen molar-refractivity contribution in [2.45, 2.75) is 56.9 Å². The second-order valence-electron chi connectivity index (χ2n) is 7.74. The van der Waals surface area contributed by atoms with Crippen molar-refractivity contribution in [1.29, 1.82) is 0 Å². The van der Waals surface area contributed by atoms with E-state index in [1.54, 1.807) is 0 Å². The molecule has 3 rings (SSSR count). The van der Waals surface area contributed by atoms with Gasteiger partial charge in [-0.3, -0.25) is 9.59 Å². The molecule has 1 aromatic rings. The zero-order valence-electron chi connectivity index (χ0n) is 15.8. The molecule has 27 heavy (non-hydrogen) atoms. The van der Waals surface area contributed by atoms with Crippen LogP contribution in [0.2, 0.25) is 0 Å². The Bertz CT molecular complexity index is 653. The Kier molecular flexibility index (Phi) is 7.30. The predicted octanol–water partition coefficient (Wildman–Crippen LogP) is 3.66. The van der Waals surface area contributed by atoms with E-state index >= 15 is 0 Å². The summed E-state index contributed by atoms with van der Waals surface area (Å²) in [7, 11) is 0.